The third kappa shape index (κ3) is 5.77. The number of aliphatic hydroxyl groups is 1. The molecule has 1 rings (SSSR count). The summed E-state index contributed by atoms with van der Waals surface area (Å²) in [6, 6.07) is 0. The first kappa shape index (κ1) is 17.4. The number of nitrogens with one attached hydrogen (secondary N) is 1. The fourth-order valence-corrected chi connectivity index (χ4v) is 2.58. The van der Waals surface area contributed by atoms with Crippen molar-refractivity contribution in [1.82, 2.24) is 10.2 Å². The van der Waals surface area contributed by atoms with Gasteiger partial charge >= 0.3 is 5.97 Å². The number of esters is 1. The van der Waals surface area contributed by atoms with Crippen LogP contribution in [0.2, 0.25) is 0 Å². The highest BCUT2D eigenvalue weighted by atomic mass is 16.5. The standard InChI is InChI=1S/C15H30N2O3/c1-4-17(3)11-10-16-12-15(19)8-6-13(7-9-15)14(18)20-5-2/h13,16,19H,4-12H2,1-3H3. The second-order valence-electron chi connectivity index (χ2n) is 5.82. The van der Waals surface area contributed by atoms with Crippen LogP contribution in [0.3, 0.4) is 0 Å². The minimum atomic E-state index is -0.659. The fourth-order valence-electron chi connectivity index (χ4n) is 2.58. The van der Waals surface area contributed by atoms with E-state index in [0.717, 1.165) is 32.5 Å². The molecule has 0 bridgehead atoms. The van der Waals surface area contributed by atoms with E-state index < -0.39 is 5.60 Å². The van der Waals surface area contributed by atoms with Gasteiger partial charge in [-0.15, -0.1) is 0 Å². The summed E-state index contributed by atoms with van der Waals surface area (Å²) in [6.07, 6.45) is 2.80. The Morgan fingerprint density at radius 1 is 1.40 bits per heavy atom. The van der Waals surface area contributed by atoms with Gasteiger partial charge in [0.1, 0.15) is 0 Å². The first-order valence-electron chi connectivity index (χ1n) is 7.79. The van der Waals surface area contributed by atoms with Crippen molar-refractivity contribution in [2.75, 3.05) is 39.8 Å². The monoisotopic (exact) mass is 286 g/mol. The Kier molecular flexibility index (Phi) is 7.48. The van der Waals surface area contributed by atoms with Gasteiger partial charge in [-0.2, -0.15) is 0 Å². The normalized spacial score (nSPS) is 26.8. The molecular formula is C15H30N2O3. The third-order valence-electron chi connectivity index (χ3n) is 4.20. The summed E-state index contributed by atoms with van der Waals surface area (Å²) in [5.41, 5.74) is -0.659. The maximum Gasteiger partial charge on any atom is 0.308 e. The van der Waals surface area contributed by atoms with E-state index in [0.29, 0.717) is 26.0 Å². The summed E-state index contributed by atoms with van der Waals surface area (Å²) < 4.78 is 5.05. The summed E-state index contributed by atoms with van der Waals surface area (Å²) in [6.45, 7) is 7.91. The molecule has 0 aromatic rings. The van der Waals surface area contributed by atoms with Gasteiger partial charge in [0, 0.05) is 19.6 Å². The summed E-state index contributed by atoms with van der Waals surface area (Å²) >= 11 is 0. The number of carbonyl (C=O) groups excluding carboxylic acids is 1. The molecule has 2 N–H and O–H groups in total. The molecule has 5 nitrogen and oxygen atoms in total. The summed E-state index contributed by atoms with van der Waals surface area (Å²) in [5, 5.41) is 13.8. The average molecular weight is 286 g/mol. The lowest BCUT2D eigenvalue weighted by Gasteiger charge is -2.35. The van der Waals surface area contributed by atoms with Crippen LogP contribution in [0.5, 0.6) is 0 Å². The molecule has 0 aromatic heterocycles. The zero-order chi connectivity index (χ0) is 15.0. The van der Waals surface area contributed by atoms with E-state index in [2.05, 4.69) is 24.2 Å². The van der Waals surface area contributed by atoms with Crippen molar-refractivity contribution >= 4 is 5.97 Å². The Morgan fingerprint density at radius 3 is 2.60 bits per heavy atom. The smallest absolute Gasteiger partial charge is 0.308 e. The van der Waals surface area contributed by atoms with E-state index in [1.54, 1.807) is 0 Å². The van der Waals surface area contributed by atoms with E-state index in [9.17, 15) is 9.90 Å². The summed E-state index contributed by atoms with van der Waals surface area (Å²) in [5.74, 6) is -0.131. The van der Waals surface area contributed by atoms with Gasteiger partial charge in [0.15, 0.2) is 0 Å². The van der Waals surface area contributed by atoms with E-state index in [4.69, 9.17) is 4.74 Å². The van der Waals surface area contributed by atoms with E-state index in [1.165, 1.54) is 0 Å². The summed E-state index contributed by atoms with van der Waals surface area (Å²) in [4.78, 5) is 13.9. The van der Waals surface area contributed by atoms with Gasteiger partial charge in [0.05, 0.1) is 18.1 Å². The van der Waals surface area contributed by atoms with Gasteiger partial charge < -0.3 is 20.1 Å². The van der Waals surface area contributed by atoms with Crippen molar-refractivity contribution < 1.29 is 14.6 Å². The predicted octanol–water partition coefficient (Wildman–Crippen LogP) is 1.01. The summed E-state index contributed by atoms with van der Waals surface area (Å²) in [7, 11) is 2.08. The minimum absolute atomic E-state index is 0.0264. The molecular weight excluding hydrogens is 256 g/mol. The van der Waals surface area contributed by atoms with Gasteiger partial charge in [0.25, 0.3) is 0 Å². The molecule has 0 unspecified atom stereocenters. The molecule has 20 heavy (non-hydrogen) atoms. The quantitative estimate of drug-likeness (QED) is 0.515. The number of carbonyl (C=O) groups is 1. The van der Waals surface area contributed by atoms with Crippen molar-refractivity contribution in [3.8, 4) is 0 Å². The molecule has 1 fully saturated rings. The van der Waals surface area contributed by atoms with Gasteiger partial charge in [-0.05, 0) is 46.2 Å². The average Bonchev–Trinajstić information content (AvgIpc) is 2.44. The van der Waals surface area contributed by atoms with Crippen molar-refractivity contribution in [3.05, 3.63) is 0 Å². The molecule has 0 saturated heterocycles. The number of nitrogens with zero attached hydrogens (tertiary/aromatic N) is 1. The van der Waals surface area contributed by atoms with Crippen LogP contribution in [0.4, 0.5) is 0 Å². The topological polar surface area (TPSA) is 61.8 Å². The Bertz CT molecular complexity index is 289. The number of hydrogen-bond donors (Lipinski definition) is 2. The molecule has 1 aliphatic carbocycles. The molecule has 0 heterocycles. The molecule has 0 aliphatic heterocycles. The van der Waals surface area contributed by atoms with Gasteiger partial charge in [0.2, 0.25) is 0 Å². The lowest BCUT2D eigenvalue weighted by molar-refractivity contribution is -0.151. The lowest BCUT2D eigenvalue weighted by Crippen LogP contribution is -2.46. The number of likely N-dealkylation sites (N-methyl/N-ethyl adjacent to an activating group) is 1. The van der Waals surface area contributed by atoms with Crippen LogP contribution in [0.1, 0.15) is 39.5 Å². The first-order chi connectivity index (χ1) is 9.50. The number of rotatable bonds is 8. The van der Waals surface area contributed by atoms with E-state index in [1.807, 2.05) is 6.92 Å². The molecule has 0 radical (unpaired) electrons. The molecule has 118 valence electrons. The van der Waals surface area contributed by atoms with E-state index in [-0.39, 0.29) is 11.9 Å². The Balaban J connectivity index is 2.23. The maximum atomic E-state index is 11.7. The predicted molar refractivity (Wildman–Crippen MR) is 79.6 cm³/mol. The van der Waals surface area contributed by atoms with Gasteiger partial charge in [-0.1, -0.05) is 6.92 Å². The van der Waals surface area contributed by atoms with Crippen LogP contribution in [0.25, 0.3) is 0 Å². The van der Waals surface area contributed by atoms with E-state index >= 15 is 0 Å². The van der Waals surface area contributed by atoms with Crippen LogP contribution in [-0.4, -0.2) is 61.4 Å². The Hall–Kier alpha value is -0.650. The third-order valence-corrected chi connectivity index (χ3v) is 4.20. The second-order valence-corrected chi connectivity index (χ2v) is 5.82. The maximum absolute atomic E-state index is 11.7. The van der Waals surface area contributed by atoms with Crippen LogP contribution in [0, 0.1) is 5.92 Å². The van der Waals surface area contributed by atoms with Gasteiger partial charge in [-0.25, -0.2) is 0 Å². The molecule has 0 amide bonds. The van der Waals surface area contributed by atoms with Crippen molar-refractivity contribution in [3.63, 3.8) is 0 Å². The number of hydrogen-bond acceptors (Lipinski definition) is 5. The molecule has 0 spiro atoms. The fraction of sp³-hybridized carbons (Fsp3) is 0.933. The SMILES string of the molecule is CCOC(=O)C1CCC(O)(CNCCN(C)CC)CC1. The highest BCUT2D eigenvalue weighted by Gasteiger charge is 2.35. The molecule has 1 aliphatic rings. The van der Waals surface area contributed by atoms with Crippen LogP contribution < -0.4 is 5.32 Å². The van der Waals surface area contributed by atoms with Crippen LogP contribution >= 0.6 is 0 Å². The highest BCUT2D eigenvalue weighted by Crippen LogP contribution is 2.32. The zero-order valence-electron chi connectivity index (χ0n) is 13.2. The molecule has 0 aromatic carbocycles. The van der Waals surface area contributed by atoms with Gasteiger partial charge in [-0.3, -0.25) is 4.79 Å². The molecule has 1 saturated carbocycles. The highest BCUT2D eigenvalue weighted by molar-refractivity contribution is 5.72. The largest absolute Gasteiger partial charge is 0.466 e. The number of ether oxygens (including phenoxy) is 1. The Morgan fingerprint density at radius 2 is 2.05 bits per heavy atom. The van der Waals surface area contributed by atoms with Crippen LogP contribution in [-0.2, 0) is 9.53 Å². The van der Waals surface area contributed by atoms with Crippen molar-refractivity contribution in [2.45, 2.75) is 45.1 Å². The van der Waals surface area contributed by atoms with Crippen molar-refractivity contribution in [1.29, 1.82) is 0 Å². The first-order valence-corrected chi connectivity index (χ1v) is 7.79. The lowest BCUT2D eigenvalue weighted by atomic mass is 9.79. The van der Waals surface area contributed by atoms with Crippen LogP contribution in [0.15, 0.2) is 0 Å². The molecule has 5 heteroatoms. The Labute approximate surface area is 122 Å². The zero-order valence-corrected chi connectivity index (χ0v) is 13.2. The second kappa shape index (κ2) is 8.60. The molecule has 0 atom stereocenters. The van der Waals surface area contributed by atoms with Crippen molar-refractivity contribution in [2.24, 2.45) is 5.92 Å². The minimum Gasteiger partial charge on any atom is -0.466 e.